The summed E-state index contributed by atoms with van der Waals surface area (Å²) in [7, 11) is 1.33. The number of rotatable bonds is 3. The lowest BCUT2D eigenvalue weighted by Crippen LogP contribution is -2.33. The largest absolute Gasteiger partial charge is 0.468 e. The Hall–Kier alpha value is -0.940. The first-order valence-electron chi connectivity index (χ1n) is 3.88. The number of carbonyl (C=O) groups is 1. The number of hydrogen-bond donors (Lipinski definition) is 1. The maximum atomic E-state index is 11.0. The Kier molecular flexibility index (Phi) is 3.39. The lowest BCUT2D eigenvalue weighted by atomic mass is 10.2. The molecule has 0 aliphatic heterocycles. The van der Waals surface area contributed by atoms with Crippen LogP contribution >= 0.6 is 11.3 Å². The maximum Gasteiger partial charge on any atom is 0.323 e. The minimum absolute atomic E-state index is 0.383. The fourth-order valence-corrected chi connectivity index (χ4v) is 1.80. The van der Waals surface area contributed by atoms with Gasteiger partial charge >= 0.3 is 5.97 Å². The van der Waals surface area contributed by atoms with Gasteiger partial charge < -0.3 is 10.5 Å². The van der Waals surface area contributed by atoms with Crippen LogP contribution in [0.25, 0.3) is 0 Å². The molecule has 4 nitrogen and oxygen atoms in total. The highest BCUT2D eigenvalue weighted by Gasteiger charge is 2.15. The van der Waals surface area contributed by atoms with Crippen molar-refractivity contribution in [3.05, 3.63) is 16.1 Å². The molecule has 1 aromatic heterocycles. The van der Waals surface area contributed by atoms with E-state index >= 15 is 0 Å². The molecule has 1 atom stereocenters. The molecule has 0 aromatic carbocycles. The average Bonchev–Trinajstić information content (AvgIpc) is 2.49. The van der Waals surface area contributed by atoms with Gasteiger partial charge in [0.25, 0.3) is 0 Å². The molecule has 0 unspecified atom stereocenters. The molecule has 0 aliphatic carbocycles. The van der Waals surface area contributed by atoms with Gasteiger partial charge in [0.15, 0.2) is 0 Å². The zero-order chi connectivity index (χ0) is 9.84. The van der Waals surface area contributed by atoms with Crippen molar-refractivity contribution >= 4 is 17.3 Å². The summed E-state index contributed by atoms with van der Waals surface area (Å²) in [6.07, 6.45) is 2.24. The van der Waals surface area contributed by atoms with Crippen LogP contribution in [-0.4, -0.2) is 24.1 Å². The molecule has 0 saturated heterocycles. The van der Waals surface area contributed by atoms with E-state index in [0.29, 0.717) is 6.42 Å². The van der Waals surface area contributed by atoms with E-state index in [-0.39, 0.29) is 5.97 Å². The van der Waals surface area contributed by atoms with E-state index in [1.165, 1.54) is 7.11 Å². The minimum atomic E-state index is -0.579. The van der Waals surface area contributed by atoms with Gasteiger partial charge in [-0.05, 0) is 6.92 Å². The summed E-state index contributed by atoms with van der Waals surface area (Å²) in [5.41, 5.74) is 5.57. The highest BCUT2D eigenvalue weighted by Crippen LogP contribution is 2.13. The SMILES string of the molecule is COC(=O)[C@@H](N)Cc1cnc(C)s1. The van der Waals surface area contributed by atoms with Gasteiger partial charge in [-0.3, -0.25) is 4.79 Å². The summed E-state index contributed by atoms with van der Waals surface area (Å²) in [6, 6.07) is -0.579. The molecule has 2 N–H and O–H groups in total. The first-order chi connectivity index (χ1) is 6.13. The molecule has 0 radical (unpaired) electrons. The van der Waals surface area contributed by atoms with Crippen molar-refractivity contribution in [1.82, 2.24) is 4.98 Å². The number of nitrogens with two attached hydrogens (primary N) is 1. The molecule has 1 heterocycles. The predicted octanol–water partition coefficient (Wildman–Crippen LogP) is 0.494. The number of hydrogen-bond acceptors (Lipinski definition) is 5. The molecule has 0 bridgehead atoms. The summed E-state index contributed by atoms with van der Waals surface area (Å²) in [4.78, 5) is 16.0. The summed E-state index contributed by atoms with van der Waals surface area (Å²) in [6.45, 7) is 1.91. The number of aromatic nitrogens is 1. The first kappa shape index (κ1) is 10.1. The van der Waals surface area contributed by atoms with Crippen LogP contribution in [0.1, 0.15) is 9.88 Å². The van der Waals surface area contributed by atoms with Gasteiger partial charge in [0, 0.05) is 17.5 Å². The zero-order valence-electron chi connectivity index (χ0n) is 7.61. The van der Waals surface area contributed by atoms with E-state index in [1.54, 1.807) is 17.5 Å². The summed E-state index contributed by atoms with van der Waals surface area (Å²) < 4.78 is 4.51. The highest BCUT2D eigenvalue weighted by molar-refractivity contribution is 7.11. The number of nitrogens with zero attached hydrogens (tertiary/aromatic N) is 1. The average molecular weight is 200 g/mol. The minimum Gasteiger partial charge on any atom is -0.468 e. The van der Waals surface area contributed by atoms with Crippen molar-refractivity contribution in [1.29, 1.82) is 0 Å². The van der Waals surface area contributed by atoms with Crippen LogP contribution in [0.15, 0.2) is 6.20 Å². The van der Waals surface area contributed by atoms with Crippen molar-refractivity contribution in [2.75, 3.05) is 7.11 Å². The maximum absolute atomic E-state index is 11.0. The fourth-order valence-electron chi connectivity index (χ4n) is 0.951. The second-order valence-electron chi connectivity index (χ2n) is 2.68. The van der Waals surface area contributed by atoms with Gasteiger partial charge in [0.05, 0.1) is 12.1 Å². The van der Waals surface area contributed by atoms with Crippen LogP contribution in [0, 0.1) is 6.92 Å². The molecule has 1 aromatic rings. The van der Waals surface area contributed by atoms with Crippen molar-refractivity contribution in [2.24, 2.45) is 5.73 Å². The molecular weight excluding hydrogens is 188 g/mol. The Morgan fingerprint density at radius 3 is 3.00 bits per heavy atom. The van der Waals surface area contributed by atoms with Crippen LogP contribution in [0.3, 0.4) is 0 Å². The lowest BCUT2D eigenvalue weighted by molar-refractivity contribution is -0.142. The summed E-state index contributed by atoms with van der Waals surface area (Å²) in [5.74, 6) is -0.383. The summed E-state index contributed by atoms with van der Waals surface area (Å²) in [5, 5.41) is 0.979. The molecule has 5 heteroatoms. The molecule has 0 saturated carbocycles. The molecule has 13 heavy (non-hydrogen) atoms. The predicted molar refractivity (Wildman–Crippen MR) is 50.5 cm³/mol. The number of aryl methyl sites for hydroxylation is 1. The lowest BCUT2D eigenvalue weighted by Gasteiger charge is -2.06. The quantitative estimate of drug-likeness (QED) is 0.721. The van der Waals surface area contributed by atoms with Gasteiger partial charge in [-0.25, -0.2) is 4.98 Å². The number of carbonyl (C=O) groups excluding carboxylic acids is 1. The number of thiazole rings is 1. The number of ether oxygens (including phenoxy) is 1. The van der Waals surface area contributed by atoms with Crippen LogP contribution in [0.4, 0.5) is 0 Å². The molecule has 1 rings (SSSR count). The van der Waals surface area contributed by atoms with Gasteiger partial charge in [-0.15, -0.1) is 11.3 Å². The molecule has 0 spiro atoms. The Balaban J connectivity index is 2.54. The fraction of sp³-hybridized carbons (Fsp3) is 0.500. The van der Waals surface area contributed by atoms with Crippen molar-refractivity contribution < 1.29 is 9.53 Å². The van der Waals surface area contributed by atoms with E-state index < -0.39 is 6.04 Å². The number of methoxy groups -OCH3 is 1. The molecule has 72 valence electrons. The summed E-state index contributed by atoms with van der Waals surface area (Å²) >= 11 is 1.55. The van der Waals surface area contributed by atoms with Crippen molar-refractivity contribution in [3.8, 4) is 0 Å². The van der Waals surface area contributed by atoms with Gasteiger partial charge in [0.1, 0.15) is 6.04 Å². The first-order valence-corrected chi connectivity index (χ1v) is 4.70. The van der Waals surface area contributed by atoms with E-state index in [2.05, 4.69) is 9.72 Å². The van der Waals surface area contributed by atoms with Crippen molar-refractivity contribution in [2.45, 2.75) is 19.4 Å². The van der Waals surface area contributed by atoms with Crippen molar-refractivity contribution in [3.63, 3.8) is 0 Å². The van der Waals surface area contributed by atoms with Gasteiger partial charge in [0.2, 0.25) is 0 Å². The Morgan fingerprint density at radius 1 is 1.85 bits per heavy atom. The van der Waals surface area contributed by atoms with E-state index in [1.807, 2.05) is 6.92 Å². The third-order valence-corrected chi connectivity index (χ3v) is 2.53. The molecule has 0 fully saturated rings. The topological polar surface area (TPSA) is 65.2 Å². The third kappa shape index (κ3) is 2.78. The van der Waals surface area contributed by atoms with Crippen LogP contribution < -0.4 is 5.73 Å². The molecular formula is C8H12N2O2S. The van der Waals surface area contributed by atoms with Gasteiger partial charge in [-0.1, -0.05) is 0 Å². The van der Waals surface area contributed by atoms with E-state index in [0.717, 1.165) is 9.88 Å². The monoisotopic (exact) mass is 200 g/mol. The van der Waals surface area contributed by atoms with Crippen LogP contribution in [0.5, 0.6) is 0 Å². The normalized spacial score (nSPS) is 12.5. The standard InChI is InChI=1S/C8H12N2O2S/c1-5-10-4-6(13-5)3-7(9)8(11)12-2/h4,7H,3,9H2,1-2H3/t7-/m0/s1. The molecule has 0 aliphatic rings. The Bertz CT molecular complexity index is 298. The highest BCUT2D eigenvalue weighted by atomic mass is 32.1. The smallest absolute Gasteiger partial charge is 0.323 e. The number of esters is 1. The van der Waals surface area contributed by atoms with E-state index in [4.69, 9.17) is 5.73 Å². The second-order valence-corrected chi connectivity index (χ2v) is 4.00. The Labute approximate surface area is 80.7 Å². The third-order valence-electron chi connectivity index (χ3n) is 1.59. The van der Waals surface area contributed by atoms with Crippen LogP contribution in [-0.2, 0) is 16.0 Å². The zero-order valence-corrected chi connectivity index (χ0v) is 8.43. The Morgan fingerprint density at radius 2 is 2.54 bits per heavy atom. The van der Waals surface area contributed by atoms with Crippen LogP contribution in [0.2, 0.25) is 0 Å². The van der Waals surface area contributed by atoms with E-state index in [9.17, 15) is 4.79 Å². The second kappa shape index (κ2) is 4.34. The van der Waals surface area contributed by atoms with Gasteiger partial charge in [-0.2, -0.15) is 0 Å². The molecule has 0 amide bonds.